The van der Waals surface area contributed by atoms with E-state index in [0.29, 0.717) is 32.4 Å². The van der Waals surface area contributed by atoms with Crippen LogP contribution in [0, 0.1) is 0 Å². The molecule has 0 bridgehead atoms. The van der Waals surface area contributed by atoms with Crippen molar-refractivity contribution in [2.45, 2.75) is 51.7 Å². The third-order valence-electron chi connectivity index (χ3n) is 3.65. The van der Waals surface area contributed by atoms with Crippen LogP contribution < -0.4 is 16.0 Å². The molecule has 1 rings (SSSR count). The molecule has 0 saturated heterocycles. The van der Waals surface area contributed by atoms with Crippen molar-refractivity contribution in [2.75, 3.05) is 20.1 Å². The number of aromatic hydroxyl groups is 1. The third-order valence-corrected chi connectivity index (χ3v) is 3.65. The fourth-order valence-electron chi connectivity index (χ4n) is 2.33. The minimum atomic E-state index is -0.519. The Hall–Kier alpha value is -2.28. The van der Waals surface area contributed by atoms with E-state index in [1.807, 2.05) is 32.9 Å². The molecule has 0 heterocycles. The first-order chi connectivity index (χ1) is 12.2. The second-order valence-electron chi connectivity index (χ2n) is 7.12. The maximum atomic E-state index is 12.2. The van der Waals surface area contributed by atoms with Crippen molar-refractivity contribution in [1.29, 1.82) is 0 Å². The average Bonchev–Trinajstić information content (AvgIpc) is 2.55. The van der Waals surface area contributed by atoms with E-state index >= 15 is 0 Å². The number of hydrogen-bond acceptors (Lipinski definition) is 5. The van der Waals surface area contributed by atoms with Gasteiger partial charge in [-0.25, -0.2) is 4.79 Å². The summed E-state index contributed by atoms with van der Waals surface area (Å²) in [6.45, 7) is 6.41. The Balaban J connectivity index is 2.24. The predicted octanol–water partition coefficient (Wildman–Crippen LogP) is 1.94. The van der Waals surface area contributed by atoms with Crippen LogP contribution in [0.5, 0.6) is 5.75 Å². The Morgan fingerprint density at radius 3 is 2.35 bits per heavy atom. The highest BCUT2D eigenvalue weighted by atomic mass is 16.6. The number of alkyl carbamates (subject to hydrolysis) is 1. The van der Waals surface area contributed by atoms with Crippen LogP contribution in [0.1, 0.15) is 39.2 Å². The van der Waals surface area contributed by atoms with Crippen molar-refractivity contribution < 1.29 is 19.4 Å². The Bertz CT molecular complexity index is 567. The first-order valence-electron chi connectivity index (χ1n) is 8.91. The number of nitrogens with one attached hydrogen (secondary N) is 3. The van der Waals surface area contributed by atoms with Gasteiger partial charge in [0.15, 0.2) is 0 Å². The van der Waals surface area contributed by atoms with E-state index in [4.69, 9.17) is 4.74 Å². The molecular weight excluding hydrogens is 334 g/mol. The average molecular weight is 365 g/mol. The summed E-state index contributed by atoms with van der Waals surface area (Å²) in [5, 5.41) is 17.8. The van der Waals surface area contributed by atoms with E-state index in [1.54, 1.807) is 19.2 Å². The Labute approximate surface area is 155 Å². The van der Waals surface area contributed by atoms with Gasteiger partial charge in [0.25, 0.3) is 0 Å². The van der Waals surface area contributed by atoms with Crippen LogP contribution in [-0.4, -0.2) is 48.9 Å². The normalized spacial score (nSPS) is 12.3. The minimum Gasteiger partial charge on any atom is -0.508 e. The predicted molar refractivity (Wildman–Crippen MR) is 101 cm³/mol. The van der Waals surface area contributed by atoms with Crippen molar-refractivity contribution in [3.63, 3.8) is 0 Å². The maximum absolute atomic E-state index is 12.2. The summed E-state index contributed by atoms with van der Waals surface area (Å²) < 4.78 is 5.16. The number of rotatable bonds is 9. The maximum Gasteiger partial charge on any atom is 0.407 e. The lowest BCUT2D eigenvalue weighted by molar-refractivity contribution is -0.123. The van der Waals surface area contributed by atoms with Crippen LogP contribution >= 0.6 is 0 Å². The lowest BCUT2D eigenvalue weighted by atomic mass is 10.1. The SMILES string of the molecule is CN[C@@H](CCCNC(=O)OC(C)(C)C)C(=O)NCCc1ccc(O)cc1. The molecule has 0 radical (unpaired) electrons. The molecule has 7 heteroatoms. The summed E-state index contributed by atoms with van der Waals surface area (Å²) in [7, 11) is 1.74. The lowest BCUT2D eigenvalue weighted by Crippen LogP contribution is -2.43. The number of benzene rings is 1. The molecule has 4 N–H and O–H groups in total. The van der Waals surface area contributed by atoms with Gasteiger partial charge in [0, 0.05) is 13.1 Å². The van der Waals surface area contributed by atoms with Gasteiger partial charge < -0.3 is 25.8 Å². The summed E-state index contributed by atoms with van der Waals surface area (Å²) in [5.41, 5.74) is 0.528. The zero-order valence-corrected chi connectivity index (χ0v) is 16.1. The van der Waals surface area contributed by atoms with Crippen molar-refractivity contribution in [3.8, 4) is 5.75 Å². The van der Waals surface area contributed by atoms with E-state index in [-0.39, 0.29) is 17.7 Å². The van der Waals surface area contributed by atoms with E-state index < -0.39 is 11.7 Å². The van der Waals surface area contributed by atoms with Crippen LogP contribution in [0.4, 0.5) is 4.79 Å². The molecule has 0 aliphatic carbocycles. The molecule has 0 unspecified atom stereocenters. The smallest absolute Gasteiger partial charge is 0.407 e. The third kappa shape index (κ3) is 9.27. The first kappa shape index (κ1) is 21.8. The number of carbonyl (C=O) groups excluding carboxylic acids is 2. The zero-order chi connectivity index (χ0) is 19.6. The molecule has 7 nitrogen and oxygen atoms in total. The number of ether oxygens (including phenoxy) is 1. The molecule has 0 fully saturated rings. The molecule has 0 aliphatic rings. The standard InChI is InChI=1S/C19H31N3O4/c1-19(2,3)26-18(25)22-12-5-6-16(20-4)17(24)21-13-11-14-7-9-15(23)10-8-14/h7-10,16,20,23H,5-6,11-13H2,1-4H3,(H,21,24)(H,22,25)/t16-/m0/s1. The topological polar surface area (TPSA) is 99.7 Å². The largest absolute Gasteiger partial charge is 0.508 e. The number of amides is 2. The molecule has 0 aromatic heterocycles. The van der Waals surface area contributed by atoms with E-state index in [2.05, 4.69) is 16.0 Å². The molecule has 146 valence electrons. The molecule has 1 atom stereocenters. The van der Waals surface area contributed by atoms with Crippen molar-refractivity contribution >= 4 is 12.0 Å². The quantitative estimate of drug-likeness (QED) is 0.501. The molecule has 0 aliphatic heterocycles. The second-order valence-corrected chi connectivity index (χ2v) is 7.12. The zero-order valence-electron chi connectivity index (χ0n) is 16.1. The monoisotopic (exact) mass is 365 g/mol. The number of hydrogen-bond donors (Lipinski definition) is 4. The Kier molecular flexibility index (Phi) is 8.92. The summed E-state index contributed by atoms with van der Waals surface area (Å²) >= 11 is 0. The van der Waals surface area contributed by atoms with E-state index in [1.165, 1.54) is 0 Å². The summed E-state index contributed by atoms with van der Waals surface area (Å²) in [4.78, 5) is 23.8. The molecule has 1 aromatic rings. The van der Waals surface area contributed by atoms with Crippen LogP contribution in [0.2, 0.25) is 0 Å². The van der Waals surface area contributed by atoms with Gasteiger partial charge in [0.05, 0.1) is 6.04 Å². The van der Waals surface area contributed by atoms with E-state index in [9.17, 15) is 14.7 Å². The van der Waals surface area contributed by atoms with Crippen LogP contribution in [0.3, 0.4) is 0 Å². The summed E-state index contributed by atoms with van der Waals surface area (Å²) in [5.74, 6) is 0.163. The highest BCUT2D eigenvalue weighted by molar-refractivity contribution is 5.81. The van der Waals surface area contributed by atoms with Gasteiger partial charge in [-0.1, -0.05) is 12.1 Å². The Morgan fingerprint density at radius 2 is 1.77 bits per heavy atom. The van der Waals surface area contributed by atoms with Gasteiger partial charge in [0.1, 0.15) is 11.4 Å². The van der Waals surface area contributed by atoms with Crippen LogP contribution in [-0.2, 0) is 16.0 Å². The van der Waals surface area contributed by atoms with Gasteiger partial charge >= 0.3 is 6.09 Å². The van der Waals surface area contributed by atoms with Gasteiger partial charge in [0.2, 0.25) is 5.91 Å². The molecule has 0 saturated carbocycles. The highest BCUT2D eigenvalue weighted by Crippen LogP contribution is 2.09. The lowest BCUT2D eigenvalue weighted by Gasteiger charge is -2.20. The second kappa shape index (κ2) is 10.7. The number of likely N-dealkylation sites (N-methyl/N-ethyl adjacent to an activating group) is 1. The van der Waals surface area contributed by atoms with Gasteiger partial charge in [-0.15, -0.1) is 0 Å². The van der Waals surface area contributed by atoms with Crippen molar-refractivity contribution in [2.24, 2.45) is 0 Å². The molecule has 26 heavy (non-hydrogen) atoms. The first-order valence-corrected chi connectivity index (χ1v) is 8.91. The molecular formula is C19H31N3O4. The fourth-order valence-corrected chi connectivity index (χ4v) is 2.33. The van der Waals surface area contributed by atoms with Crippen molar-refractivity contribution in [3.05, 3.63) is 29.8 Å². The number of phenolic OH excluding ortho intramolecular Hbond substituents is 1. The van der Waals surface area contributed by atoms with Crippen LogP contribution in [0.25, 0.3) is 0 Å². The van der Waals surface area contributed by atoms with Crippen LogP contribution in [0.15, 0.2) is 24.3 Å². The minimum absolute atomic E-state index is 0.0662. The molecule has 2 amide bonds. The van der Waals surface area contributed by atoms with E-state index in [0.717, 1.165) is 5.56 Å². The molecule has 0 spiro atoms. The Morgan fingerprint density at radius 1 is 1.12 bits per heavy atom. The van der Waals surface area contributed by atoms with Gasteiger partial charge in [-0.05, 0) is 64.8 Å². The summed E-state index contributed by atoms with van der Waals surface area (Å²) in [6, 6.07) is 6.62. The number of carbonyl (C=O) groups is 2. The van der Waals surface area contributed by atoms with Crippen molar-refractivity contribution in [1.82, 2.24) is 16.0 Å². The fraction of sp³-hybridized carbons (Fsp3) is 0.579. The van der Waals surface area contributed by atoms with Gasteiger partial charge in [-0.3, -0.25) is 4.79 Å². The highest BCUT2D eigenvalue weighted by Gasteiger charge is 2.17. The van der Waals surface area contributed by atoms with Gasteiger partial charge in [-0.2, -0.15) is 0 Å². The number of phenols is 1. The molecule has 1 aromatic carbocycles. The summed E-state index contributed by atoms with van der Waals surface area (Å²) in [6.07, 6.45) is 1.52.